The Balaban J connectivity index is 2.27. The van der Waals surface area contributed by atoms with Gasteiger partial charge in [0.05, 0.1) is 12.6 Å². The number of hydrogen-bond acceptors (Lipinski definition) is 3. The summed E-state index contributed by atoms with van der Waals surface area (Å²) in [5.74, 6) is -0.267. The number of hydrogen-bond donors (Lipinski definition) is 1. The van der Waals surface area contributed by atoms with Crippen LogP contribution in [0.25, 0.3) is 0 Å². The summed E-state index contributed by atoms with van der Waals surface area (Å²) in [7, 11) is 1.43. The lowest BCUT2D eigenvalue weighted by Crippen LogP contribution is -2.53. The number of nitrogens with one attached hydrogen (secondary N) is 1. The van der Waals surface area contributed by atoms with E-state index in [4.69, 9.17) is 4.74 Å². The zero-order valence-electron chi connectivity index (χ0n) is 15.1. The van der Waals surface area contributed by atoms with Crippen molar-refractivity contribution in [2.45, 2.75) is 11.6 Å². The van der Waals surface area contributed by atoms with Gasteiger partial charge in [-0.3, -0.25) is 10.1 Å². The van der Waals surface area contributed by atoms with E-state index in [1.54, 1.807) is 0 Å². The van der Waals surface area contributed by atoms with Crippen molar-refractivity contribution in [2.75, 3.05) is 11.5 Å². The highest BCUT2D eigenvalue weighted by Crippen LogP contribution is 2.37. The van der Waals surface area contributed by atoms with Gasteiger partial charge in [0.25, 0.3) is 0 Å². The summed E-state index contributed by atoms with van der Waals surface area (Å²) in [4.78, 5) is 12.4. The Morgan fingerprint density at radius 3 is 1.52 bits per heavy atom. The van der Waals surface area contributed by atoms with Crippen molar-refractivity contribution in [3.8, 4) is 0 Å². The summed E-state index contributed by atoms with van der Waals surface area (Å²) in [6.07, 6.45) is 0. The molecule has 0 aliphatic rings. The molecule has 0 saturated carbocycles. The van der Waals surface area contributed by atoms with Crippen LogP contribution in [0.3, 0.4) is 0 Å². The number of ether oxygens (including phenoxy) is 1. The van der Waals surface area contributed by atoms with E-state index in [-0.39, 0.29) is 5.97 Å². The average molecular weight is 471 g/mol. The van der Waals surface area contributed by atoms with E-state index in [2.05, 4.69) is 64.3 Å². The zero-order valence-corrected chi connectivity index (χ0v) is 17.3. The number of rotatable bonds is 7. The normalized spacial score (nSPS) is 12.4. The molecule has 0 bridgehead atoms. The van der Waals surface area contributed by atoms with Gasteiger partial charge in [-0.2, -0.15) is 0 Å². The van der Waals surface area contributed by atoms with Crippen molar-refractivity contribution in [2.24, 2.45) is 0 Å². The van der Waals surface area contributed by atoms with Gasteiger partial charge in [-0.05, 0) is 16.7 Å². The van der Waals surface area contributed by atoms with Crippen LogP contribution in [-0.2, 0) is 15.1 Å². The molecule has 0 aliphatic heterocycles. The van der Waals surface area contributed by atoms with Gasteiger partial charge in [0, 0.05) is 4.43 Å². The van der Waals surface area contributed by atoms with Crippen LogP contribution in [0.4, 0.5) is 0 Å². The summed E-state index contributed by atoms with van der Waals surface area (Å²) in [6.45, 7) is 0. The van der Waals surface area contributed by atoms with Crippen LogP contribution in [0.1, 0.15) is 16.7 Å². The second-order valence-electron chi connectivity index (χ2n) is 6.22. The van der Waals surface area contributed by atoms with Crippen LogP contribution < -0.4 is 5.32 Å². The molecule has 0 heterocycles. The third kappa shape index (κ3) is 4.06. The molecule has 4 heteroatoms. The number of benzene rings is 3. The second-order valence-corrected chi connectivity index (χ2v) is 7.10. The second kappa shape index (κ2) is 9.15. The van der Waals surface area contributed by atoms with Gasteiger partial charge in [-0.25, -0.2) is 0 Å². The minimum Gasteiger partial charge on any atom is -0.468 e. The zero-order chi connectivity index (χ0) is 19.1. The first kappa shape index (κ1) is 19.6. The lowest BCUT2D eigenvalue weighted by molar-refractivity contribution is -0.142. The molecule has 0 unspecified atom stereocenters. The van der Waals surface area contributed by atoms with E-state index >= 15 is 0 Å². The highest BCUT2D eigenvalue weighted by Gasteiger charge is 2.39. The van der Waals surface area contributed by atoms with E-state index in [1.807, 2.05) is 54.6 Å². The fourth-order valence-corrected chi connectivity index (χ4v) is 3.96. The molecule has 0 fully saturated rings. The molecule has 3 nitrogen and oxygen atoms in total. The first-order valence-corrected chi connectivity index (χ1v) is 10.3. The molecular weight excluding hydrogens is 449 g/mol. The predicted octanol–water partition coefficient (Wildman–Crippen LogP) is 4.54. The highest BCUT2D eigenvalue weighted by atomic mass is 127. The van der Waals surface area contributed by atoms with E-state index in [1.165, 1.54) is 7.11 Å². The molecule has 1 N–H and O–H groups in total. The van der Waals surface area contributed by atoms with Crippen LogP contribution in [0.2, 0.25) is 0 Å². The Hall–Kier alpha value is -2.18. The standard InChI is InChI=1S/C23H22INO2/c1-27-22(26)21(17-24)25-23(18-11-5-2-6-12-18,19-13-7-3-8-14-19)20-15-9-4-10-16-20/h2-16,21,25H,17H2,1H3/t21-/m0/s1. The molecule has 1 atom stereocenters. The number of carbonyl (C=O) groups excluding carboxylic acids is 1. The highest BCUT2D eigenvalue weighted by molar-refractivity contribution is 14.1. The SMILES string of the molecule is COC(=O)[C@H](CI)NC(c1ccccc1)(c1ccccc1)c1ccccc1. The molecule has 0 amide bonds. The van der Waals surface area contributed by atoms with Gasteiger partial charge in [-0.1, -0.05) is 114 Å². The van der Waals surface area contributed by atoms with Gasteiger partial charge in [-0.15, -0.1) is 0 Å². The van der Waals surface area contributed by atoms with Crippen molar-refractivity contribution in [3.63, 3.8) is 0 Å². The Kier molecular flexibility index (Phi) is 6.63. The van der Waals surface area contributed by atoms with Crippen molar-refractivity contribution >= 4 is 28.6 Å². The van der Waals surface area contributed by atoms with E-state index < -0.39 is 11.6 Å². The Morgan fingerprint density at radius 2 is 1.22 bits per heavy atom. The van der Waals surface area contributed by atoms with E-state index in [0.717, 1.165) is 16.7 Å². The maximum absolute atomic E-state index is 12.4. The largest absolute Gasteiger partial charge is 0.468 e. The number of esters is 1. The number of halogens is 1. The molecule has 3 rings (SSSR count). The molecule has 0 radical (unpaired) electrons. The Labute approximate surface area is 173 Å². The first-order chi connectivity index (χ1) is 13.2. The molecule has 0 aliphatic carbocycles. The first-order valence-electron chi connectivity index (χ1n) is 8.80. The van der Waals surface area contributed by atoms with Crippen LogP contribution in [0.15, 0.2) is 91.0 Å². The number of methoxy groups -OCH3 is 1. The molecule has 27 heavy (non-hydrogen) atoms. The van der Waals surface area contributed by atoms with E-state index in [9.17, 15) is 4.79 Å². The fourth-order valence-electron chi connectivity index (χ4n) is 3.38. The van der Waals surface area contributed by atoms with Crippen molar-refractivity contribution < 1.29 is 9.53 Å². The van der Waals surface area contributed by atoms with Gasteiger partial charge in [0.1, 0.15) is 6.04 Å². The van der Waals surface area contributed by atoms with Crippen LogP contribution in [-0.4, -0.2) is 23.5 Å². The monoisotopic (exact) mass is 471 g/mol. The summed E-state index contributed by atoms with van der Waals surface area (Å²) < 4.78 is 5.65. The van der Waals surface area contributed by atoms with Crippen LogP contribution in [0, 0.1) is 0 Å². The third-order valence-corrected chi connectivity index (χ3v) is 5.53. The minimum atomic E-state index is -0.673. The fraction of sp³-hybridized carbons (Fsp3) is 0.174. The molecular formula is C23H22INO2. The summed E-state index contributed by atoms with van der Waals surface area (Å²) in [6, 6.07) is 30.2. The van der Waals surface area contributed by atoms with Gasteiger partial charge >= 0.3 is 5.97 Å². The van der Waals surface area contributed by atoms with Crippen molar-refractivity contribution in [1.82, 2.24) is 5.32 Å². The van der Waals surface area contributed by atoms with Gasteiger partial charge < -0.3 is 4.74 Å². The maximum atomic E-state index is 12.4. The lowest BCUT2D eigenvalue weighted by atomic mass is 9.76. The molecule has 0 spiro atoms. The van der Waals surface area contributed by atoms with Crippen molar-refractivity contribution in [3.05, 3.63) is 108 Å². The number of alkyl halides is 1. The average Bonchev–Trinajstić information content (AvgIpc) is 2.76. The van der Waals surface area contributed by atoms with E-state index in [0.29, 0.717) is 4.43 Å². The summed E-state index contributed by atoms with van der Waals surface area (Å²) >= 11 is 2.22. The Bertz CT molecular complexity index is 757. The molecule has 3 aromatic rings. The quantitative estimate of drug-likeness (QED) is 0.238. The van der Waals surface area contributed by atoms with Crippen LogP contribution in [0.5, 0.6) is 0 Å². The molecule has 138 valence electrons. The molecule has 3 aromatic carbocycles. The predicted molar refractivity (Wildman–Crippen MR) is 117 cm³/mol. The van der Waals surface area contributed by atoms with Crippen molar-refractivity contribution in [1.29, 1.82) is 0 Å². The third-order valence-electron chi connectivity index (χ3n) is 4.65. The van der Waals surface area contributed by atoms with Crippen LogP contribution >= 0.6 is 22.6 Å². The molecule has 0 aromatic heterocycles. The molecule has 0 saturated heterocycles. The number of carbonyl (C=O) groups is 1. The van der Waals surface area contributed by atoms with Gasteiger partial charge in [0.15, 0.2) is 0 Å². The minimum absolute atomic E-state index is 0.267. The lowest BCUT2D eigenvalue weighted by Gasteiger charge is -2.39. The topological polar surface area (TPSA) is 38.3 Å². The van der Waals surface area contributed by atoms with Gasteiger partial charge in [0.2, 0.25) is 0 Å². The smallest absolute Gasteiger partial charge is 0.323 e. The Morgan fingerprint density at radius 1 is 0.852 bits per heavy atom. The maximum Gasteiger partial charge on any atom is 0.323 e. The summed E-state index contributed by atoms with van der Waals surface area (Å²) in [5, 5.41) is 3.63. The summed E-state index contributed by atoms with van der Waals surface area (Å²) in [5.41, 5.74) is 2.54.